The first-order valence-electron chi connectivity index (χ1n) is 8.73. The molecule has 3 nitrogen and oxygen atoms in total. The highest BCUT2D eigenvalue weighted by Gasteiger charge is 2.24. The van der Waals surface area contributed by atoms with Crippen molar-refractivity contribution in [2.75, 3.05) is 25.0 Å². The zero-order chi connectivity index (χ0) is 16.1. The number of likely N-dealkylation sites (tertiary alicyclic amines) is 1. The summed E-state index contributed by atoms with van der Waals surface area (Å²) >= 11 is 0. The second kappa shape index (κ2) is 7.60. The van der Waals surface area contributed by atoms with Gasteiger partial charge in [0.1, 0.15) is 5.82 Å². The largest absolute Gasteiger partial charge is 0.360 e. The van der Waals surface area contributed by atoms with E-state index in [2.05, 4.69) is 77.4 Å². The van der Waals surface area contributed by atoms with E-state index in [4.69, 9.17) is 0 Å². The maximum atomic E-state index is 4.67. The maximum absolute atomic E-state index is 4.67. The minimum absolute atomic E-state index is 0.498. The van der Waals surface area contributed by atoms with E-state index in [0.29, 0.717) is 6.04 Å². The first kappa shape index (κ1) is 16.0. The molecule has 1 aromatic heterocycles. The van der Waals surface area contributed by atoms with Crippen molar-refractivity contribution in [2.45, 2.75) is 38.8 Å². The SMILES string of the molecule is CCN(C)c1ccc(C2CCCCN2Cc2ccccc2)cn1. The first-order valence-corrected chi connectivity index (χ1v) is 8.73. The highest BCUT2D eigenvalue weighted by molar-refractivity contribution is 5.38. The number of benzene rings is 1. The van der Waals surface area contributed by atoms with Gasteiger partial charge in [-0.25, -0.2) is 4.98 Å². The summed E-state index contributed by atoms with van der Waals surface area (Å²) in [4.78, 5) is 9.45. The molecule has 1 aliphatic heterocycles. The van der Waals surface area contributed by atoms with Crippen LogP contribution in [0.15, 0.2) is 48.7 Å². The Hall–Kier alpha value is -1.87. The van der Waals surface area contributed by atoms with E-state index in [0.717, 1.165) is 18.9 Å². The van der Waals surface area contributed by atoms with Crippen LogP contribution >= 0.6 is 0 Å². The predicted molar refractivity (Wildman–Crippen MR) is 96.6 cm³/mol. The monoisotopic (exact) mass is 309 g/mol. The fourth-order valence-electron chi connectivity index (χ4n) is 3.36. The molecule has 0 radical (unpaired) electrons. The zero-order valence-corrected chi connectivity index (χ0v) is 14.3. The second-order valence-electron chi connectivity index (χ2n) is 6.43. The molecular weight excluding hydrogens is 282 g/mol. The lowest BCUT2D eigenvalue weighted by Crippen LogP contribution is -2.33. The van der Waals surface area contributed by atoms with Gasteiger partial charge >= 0.3 is 0 Å². The van der Waals surface area contributed by atoms with Crippen LogP contribution in [0, 0.1) is 0 Å². The van der Waals surface area contributed by atoms with Crippen molar-refractivity contribution in [3.8, 4) is 0 Å². The molecule has 0 saturated carbocycles. The molecular formula is C20H27N3. The zero-order valence-electron chi connectivity index (χ0n) is 14.3. The average Bonchev–Trinajstić information content (AvgIpc) is 2.62. The number of aromatic nitrogens is 1. The van der Waals surface area contributed by atoms with E-state index in [1.165, 1.54) is 36.9 Å². The summed E-state index contributed by atoms with van der Waals surface area (Å²) in [5.74, 6) is 1.06. The first-order chi connectivity index (χ1) is 11.3. The summed E-state index contributed by atoms with van der Waals surface area (Å²) in [5, 5.41) is 0. The van der Waals surface area contributed by atoms with Gasteiger partial charge in [0.15, 0.2) is 0 Å². The van der Waals surface area contributed by atoms with Crippen LogP contribution < -0.4 is 4.90 Å². The predicted octanol–water partition coefficient (Wildman–Crippen LogP) is 4.26. The quantitative estimate of drug-likeness (QED) is 0.822. The molecule has 3 rings (SSSR count). The van der Waals surface area contributed by atoms with Gasteiger partial charge in [-0.15, -0.1) is 0 Å². The topological polar surface area (TPSA) is 19.4 Å². The van der Waals surface area contributed by atoms with Gasteiger partial charge in [-0.3, -0.25) is 4.90 Å². The number of pyridine rings is 1. The van der Waals surface area contributed by atoms with Crippen molar-refractivity contribution in [3.63, 3.8) is 0 Å². The molecule has 1 fully saturated rings. The average molecular weight is 309 g/mol. The smallest absolute Gasteiger partial charge is 0.128 e. The summed E-state index contributed by atoms with van der Waals surface area (Å²) in [6.07, 6.45) is 5.92. The lowest BCUT2D eigenvalue weighted by Gasteiger charge is -2.36. The van der Waals surface area contributed by atoms with Crippen LogP contribution in [0.1, 0.15) is 43.4 Å². The van der Waals surface area contributed by atoms with E-state index >= 15 is 0 Å². The summed E-state index contributed by atoms with van der Waals surface area (Å²) in [7, 11) is 2.09. The van der Waals surface area contributed by atoms with Gasteiger partial charge in [-0.1, -0.05) is 42.8 Å². The number of hydrogen-bond acceptors (Lipinski definition) is 3. The van der Waals surface area contributed by atoms with E-state index in [9.17, 15) is 0 Å². The fraction of sp³-hybridized carbons (Fsp3) is 0.450. The van der Waals surface area contributed by atoms with Gasteiger partial charge in [0.25, 0.3) is 0 Å². The fourth-order valence-corrected chi connectivity index (χ4v) is 3.36. The lowest BCUT2D eigenvalue weighted by atomic mass is 9.95. The third-order valence-electron chi connectivity index (χ3n) is 4.86. The van der Waals surface area contributed by atoms with Crippen molar-refractivity contribution < 1.29 is 0 Å². The summed E-state index contributed by atoms with van der Waals surface area (Å²) in [5.41, 5.74) is 2.75. The van der Waals surface area contributed by atoms with Crippen molar-refractivity contribution in [1.82, 2.24) is 9.88 Å². The molecule has 1 aliphatic rings. The number of hydrogen-bond donors (Lipinski definition) is 0. The Morgan fingerprint density at radius 2 is 1.96 bits per heavy atom. The number of rotatable bonds is 5. The lowest BCUT2D eigenvalue weighted by molar-refractivity contribution is 0.140. The normalized spacial score (nSPS) is 18.8. The van der Waals surface area contributed by atoms with Gasteiger partial charge in [-0.2, -0.15) is 0 Å². The van der Waals surface area contributed by atoms with Crippen LogP contribution in [0.4, 0.5) is 5.82 Å². The minimum Gasteiger partial charge on any atom is -0.360 e. The Bertz CT molecular complexity index is 594. The van der Waals surface area contributed by atoms with E-state index in [1.807, 2.05) is 0 Å². The number of piperidine rings is 1. The van der Waals surface area contributed by atoms with E-state index < -0.39 is 0 Å². The van der Waals surface area contributed by atoms with E-state index in [-0.39, 0.29) is 0 Å². The van der Waals surface area contributed by atoms with Gasteiger partial charge in [0.2, 0.25) is 0 Å². The Morgan fingerprint density at radius 1 is 1.13 bits per heavy atom. The van der Waals surface area contributed by atoms with Gasteiger partial charge < -0.3 is 4.90 Å². The van der Waals surface area contributed by atoms with Crippen LogP contribution in [0.5, 0.6) is 0 Å². The molecule has 0 N–H and O–H groups in total. The number of nitrogens with zero attached hydrogens (tertiary/aromatic N) is 3. The summed E-state index contributed by atoms with van der Waals surface area (Å²) in [6, 6.07) is 15.7. The standard InChI is InChI=1S/C20H27N3/c1-3-22(2)20-13-12-18(15-21-20)19-11-7-8-14-23(19)16-17-9-5-4-6-10-17/h4-6,9-10,12-13,15,19H,3,7-8,11,14,16H2,1-2H3. The van der Waals surface area contributed by atoms with E-state index in [1.54, 1.807) is 0 Å². The molecule has 1 atom stereocenters. The molecule has 0 spiro atoms. The van der Waals surface area contributed by atoms with Crippen molar-refractivity contribution in [1.29, 1.82) is 0 Å². The molecule has 0 aliphatic carbocycles. The second-order valence-corrected chi connectivity index (χ2v) is 6.43. The van der Waals surface area contributed by atoms with Crippen LogP contribution in [0.3, 0.4) is 0 Å². The Labute approximate surface area is 140 Å². The highest BCUT2D eigenvalue weighted by Crippen LogP contribution is 2.32. The molecule has 3 heteroatoms. The van der Waals surface area contributed by atoms with Crippen molar-refractivity contribution >= 4 is 5.82 Å². The minimum atomic E-state index is 0.498. The molecule has 122 valence electrons. The molecule has 23 heavy (non-hydrogen) atoms. The Morgan fingerprint density at radius 3 is 2.65 bits per heavy atom. The third kappa shape index (κ3) is 3.91. The van der Waals surface area contributed by atoms with Crippen molar-refractivity contribution in [2.24, 2.45) is 0 Å². The molecule has 2 aromatic rings. The van der Waals surface area contributed by atoms with Crippen LogP contribution in [-0.4, -0.2) is 30.0 Å². The molecule has 1 unspecified atom stereocenters. The highest BCUT2D eigenvalue weighted by atomic mass is 15.2. The Balaban J connectivity index is 1.75. The molecule has 0 amide bonds. The number of anilines is 1. The maximum Gasteiger partial charge on any atom is 0.128 e. The molecule has 2 heterocycles. The molecule has 1 aromatic carbocycles. The van der Waals surface area contributed by atoms with Crippen LogP contribution in [0.25, 0.3) is 0 Å². The van der Waals surface area contributed by atoms with Crippen LogP contribution in [0.2, 0.25) is 0 Å². The van der Waals surface area contributed by atoms with Crippen LogP contribution in [-0.2, 0) is 6.54 Å². The third-order valence-corrected chi connectivity index (χ3v) is 4.86. The molecule has 0 bridgehead atoms. The Kier molecular flexibility index (Phi) is 5.29. The molecule has 1 saturated heterocycles. The summed E-state index contributed by atoms with van der Waals surface area (Å²) in [6.45, 7) is 5.34. The van der Waals surface area contributed by atoms with Crippen molar-refractivity contribution in [3.05, 3.63) is 59.8 Å². The van der Waals surface area contributed by atoms with Gasteiger partial charge in [-0.05, 0) is 43.5 Å². The van der Waals surface area contributed by atoms with Gasteiger partial charge in [0.05, 0.1) is 0 Å². The van der Waals surface area contributed by atoms with Gasteiger partial charge in [0, 0.05) is 32.4 Å². The summed E-state index contributed by atoms with van der Waals surface area (Å²) < 4.78 is 0.